The van der Waals surface area contributed by atoms with E-state index in [0.29, 0.717) is 24.5 Å². The Bertz CT molecular complexity index is 1030. The summed E-state index contributed by atoms with van der Waals surface area (Å²) in [5, 5.41) is 1.99. The lowest BCUT2D eigenvalue weighted by atomic mass is 10.1. The lowest BCUT2D eigenvalue weighted by Gasteiger charge is -2.11. The van der Waals surface area contributed by atoms with Crippen LogP contribution in [0.25, 0.3) is 10.8 Å². The highest BCUT2D eigenvalue weighted by atomic mass is 32.2. The summed E-state index contributed by atoms with van der Waals surface area (Å²) in [5.41, 5.74) is 6.75. The zero-order chi connectivity index (χ0) is 19.3. The SMILES string of the molecule is CCCCS(=O)(=O)Oc1cccc(Oc2cccc3cc(CN)ccc23)c1. The molecular weight excluding hydrogens is 362 g/mol. The third-order valence-corrected chi connectivity index (χ3v) is 5.38. The number of benzene rings is 3. The van der Waals surface area contributed by atoms with E-state index in [4.69, 9.17) is 14.7 Å². The van der Waals surface area contributed by atoms with Gasteiger partial charge in [-0.3, -0.25) is 0 Å². The van der Waals surface area contributed by atoms with Gasteiger partial charge in [-0.05, 0) is 41.6 Å². The average Bonchev–Trinajstić information content (AvgIpc) is 2.66. The van der Waals surface area contributed by atoms with Crippen molar-refractivity contribution in [3.05, 3.63) is 66.2 Å². The molecule has 0 spiro atoms. The molecule has 0 atom stereocenters. The van der Waals surface area contributed by atoms with E-state index in [1.54, 1.807) is 24.3 Å². The van der Waals surface area contributed by atoms with Gasteiger partial charge in [-0.25, -0.2) is 0 Å². The summed E-state index contributed by atoms with van der Waals surface area (Å²) in [5.74, 6) is 1.44. The average molecular weight is 385 g/mol. The van der Waals surface area contributed by atoms with Crippen molar-refractivity contribution in [2.75, 3.05) is 5.75 Å². The van der Waals surface area contributed by atoms with Crippen LogP contribution in [0.15, 0.2) is 60.7 Å². The Morgan fingerprint density at radius 2 is 1.74 bits per heavy atom. The highest BCUT2D eigenvalue weighted by Gasteiger charge is 2.13. The van der Waals surface area contributed by atoms with Crippen LogP contribution < -0.4 is 14.7 Å². The van der Waals surface area contributed by atoms with Gasteiger partial charge in [0.05, 0.1) is 5.75 Å². The molecule has 6 heteroatoms. The number of rotatable bonds is 8. The third kappa shape index (κ3) is 4.99. The lowest BCUT2D eigenvalue weighted by Crippen LogP contribution is -2.13. The van der Waals surface area contributed by atoms with Crippen molar-refractivity contribution in [2.24, 2.45) is 5.73 Å². The molecule has 0 aliphatic rings. The second-order valence-electron chi connectivity index (χ2n) is 6.29. The first-order chi connectivity index (χ1) is 13.0. The zero-order valence-corrected chi connectivity index (χ0v) is 16.0. The van der Waals surface area contributed by atoms with Gasteiger partial charge < -0.3 is 14.7 Å². The quantitative estimate of drug-likeness (QED) is 0.573. The minimum absolute atomic E-state index is 0.00137. The van der Waals surface area contributed by atoms with Crippen LogP contribution in [0.5, 0.6) is 17.2 Å². The van der Waals surface area contributed by atoms with E-state index < -0.39 is 10.1 Å². The minimum Gasteiger partial charge on any atom is -0.457 e. The summed E-state index contributed by atoms with van der Waals surface area (Å²) in [6.07, 6.45) is 1.36. The van der Waals surface area contributed by atoms with Gasteiger partial charge in [-0.15, -0.1) is 0 Å². The van der Waals surface area contributed by atoms with Crippen molar-refractivity contribution < 1.29 is 17.3 Å². The highest BCUT2D eigenvalue weighted by molar-refractivity contribution is 7.87. The van der Waals surface area contributed by atoms with Gasteiger partial charge in [-0.1, -0.05) is 43.7 Å². The summed E-state index contributed by atoms with van der Waals surface area (Å²) < 4.78 is 35.2. The molecule has 0 aliphatic heterocycles. The Kier molecular flexibility index (Phi) is 5.98. The van der Waals surface area contributed by atoms with Gasteiger partial charge in [0, 0.05) is 18.0 Å². The first-order valence-electron chi connectivity index (χ1n) is 8.92. The number of hydrogen-bond donors (Lipinski definition) is 1. The summed E-state index contributed by atoms with van der Waals surface area (Å²) in [6.45, 7) is 2.41. The van der Waals surface area contributed by atoms with E-state index in [1.165, 1.54) is 0 Å². The highest BCUT2D eigenvalue weighted by Crippen LogP contribution is 2.32. The maximum absolute atomic E-state index is 12.0. The molecule has 3 rings (SSSR count). The third-order valence-electron chi connectivity index (χ3n) is 4.14. The molecule has 2 N–H and O–H groups in total. The van der Waals surface area contributed by atoms with Gasteiger partial charge in [-0.2, -0.15) is 8.42 Å². The van der Waals surface area contributed by atoms with E-state index in [9.17, 15) is 8.42 Å². The van der Waals surface area contributed by atoms with Crippen LogP contribution >= 0.6 is 0 Å². The monoisotopic (exact) mass is 385 g/mol. The number of unbranched alkanes of at least 4 members (excludes halogenated alkanes) is 1. The predicted octanol–water partition coefficient (Wildman–Crippen LogP) is 4.60. The normalized spacial score (nSPS) is 11.5. The Labute approximate surface area is 159 Å². The molecule has 0 bridgehead atoms. The summed E-state index contributed by atoms with van der Waals surface area (Å²) in [7, 11) is -3.60. The van der Waals surface area contributed by atoms with E-state index in [2.05, 4.69) is 0 Å². The molecule has 0 heterocycles. The zero-order valence-electron chi connectivity index (χ0n) is 15.2. The van der Waals surface area contributed by atoms with Gasteiger partial charge in [0.1, 0.15) is 17.2 Å². The second kappa shape index (κ2) is 8.41. The van der Waals surface area contributed by atoms with Gasteiger partial charge >= 0.3 is 10.1 Å². The molecule has 0 aliphatic carbocycles. The summed E-state index contributed by atoms with van der Waals surface area (Å²) in [4.78, 5) is 0. The fourth-order valence-electron chi connectivity index (χ4n) is 2.75. The molecule has 3 aromatic carbocycles. The van der Waals surface area contributed by atoms with Crippen molar-refractivity contribution in [3.63, 3.8) is 0 Å². The Morgan fingerprint density at radius 1 is 0.963 bits per heavy atom. The van der Waals surface area contributed by atoms with Gasteiger partial charge in [0.15, 0.2) is 0 Å². The molecule has 0 saturated heterocycles. The topological polar surface area (TPSA) is 78.6 Å². The molecule has 142 valence electrons. The Hall–Kier alpha value is -2.57. The van der Waals surface area contributed by atoms with Crippen molar-refractivity contribution in [1.29, 1.82) is 0 Å². The first kappa shape index (κ1) is 19.2. The van der Waals surface area contributed by atoms with E-state index >= 15 is 0 Å². The lowest BCUT2D eigenvalue weighted by molar-refractivity contribution is 0.470. The van der Waals surface area contributed by atoms with E-state index in [-0.39, 0.29) is 11.5 Å². The molecule has 0 fully saturated rings. The molecule has 0 unspecified atom stereocenters. The number of fused-ring (bicyclic) bond motifs is 1. The van der Waals surface area contributed by atoms with Crippen LogP contribution in [0.2, 0.25) is 0 Å². The van der Waals surface area contributed by atoms with Crippen LogP contribution in [-0.4, -0.2) is 14.2 Å². The van der Waals surface area contributed by atoms with Crippen molar-refractivity contribution in [1.82, 2.24) is 0 Å². The van der Waals surface area contributed by atoms with Crippen LogP contribution in [0, 0.1) is 0 Å². The van der Waals surface area contributed by atoms with Crippen molar-refractivity contribution >= 4 is 20.9 Å². The smallest absolute Gasteiger partial charge is 0.309 e. The summed E-state index contributed by atoms with van der Waals surface area (Å²) >= 11 is 0. The Balaban J connectivity index is 1.83. The molecular formula is C21H23NO4S. The minimum atomic E-state index is -3.60. The maximum Gasteiger partial charge on any atom is 0.309 e. The van der Waals surface area contributed by atoms with E-state index in [1.807, 2.05) is 43.3 Å². The second-order valence-corrected chi connectivity index (χ2v) is 7.98. The predicted molar refractivity (Wildman–Crippen MR) is 108 cm³/mol. The maximum atomic E-state index is 12.0. The van der Waals surface area contributed by atoms with Gasteiger partial charge in [0.2, 0.25) is 0 Å². The molecule has 5 nitrogen and oxygen atoms in total. The van der Waals surface area contributed by atoms with Crippen LogP contribution in [0.1, 0.15) is 25.3 Å². The van der Waals surface area contributed by atoms with Gasteiger partial charge in [0.25, 0.3) is 0 Å². The fourth-order valence-corrected chi connectivity index (χ4v) is 3.87. The van der Waals surface area contributed by atoms with E-state index in [0.717, 1.165) is 22.8 Å². The molecule has 0 aromatic heterocycles. The molecule has 27 heavy (non-hydrogen) atoms. The molecule has 0 amide bonds. The standard InChI is InChI=1S/C21H23NO4S/c1-2-3-12-27(23,24)26-19-8-5-7-18(14-19)25-21-9-4-6-17-13-16(15-22)10-11-20(17)21/h4-11,13-14H,2-3,12,15,22H2,1H3. The van der Waals surface area contributed by atoms with Crippen LogP contribution in [0.3, 0.4) is 0 Å². The number of hydrogen-bond acceptors (Lipinski definition) is 5. The fraction of sp³-hybridized carbons (Fsp3) is 0.238. The van der Waals surface area contributed by atoms with Crippen molar-refractivity contribution in [3.8, 4) is 17.2 Å². The van der Waals surface area contributed by atoms with Crippen LogP contribution in [0.4, 0.5) is 0 Å². The van der Waals surface area contributed by atoms with Crippen LogP contribution in [-0.2, 0) is 16.7 Å². The number of nitrogens with two attached hydrogens (primary N) is 1. The van der Waals surface area contributed by atoms with Crippen molar-refractivity contribution in [2.45, 2.75) is 26.3 Å². The molecule has 0 radical (unpaired) electrons. The molecule has 0 saturated carbocycles. The molecule has 3 aromatic rings. The number of ether oxygens (including phenoxy) is 1. The largest absolute Gasteiger partial charge is 0.457 e. The Morgan fingerprint density at radius 3 is 2.52 bits per heavy atom. The first-order valence-corrected chi connectivity index (χ1v) is 10.5. The summed E-state index contributed by atoms with van der Waals surface area (Å²) in [6, 6.07) is 18.4.